The number of ether oxygens (including phenoxy) is 1. The fraction of sp³-hybridized carbons (Fsp3) is 0.353. The molecule has 120 valence electrons. The van der Waals surface area contributed by atoms with Crippen LogP contribution in [-0.4, -0.2) is 28.8 Å². The monoisotopic (exact) mass is 312 g/mol. The topological polar surface area (TPSA) is 76.1 Å². The zero-order chi connectivity index (χ0) is 16.4. The summed E-state index contributed by atoms with van der Waals surface area (Å²) in [6, 6.07) is 11.5. The molecule has 0 fully saturated rings. The molecule has 1 aliphatic rings. The minimum absolute atomic E-state index is 0.0788. The van der Waals surface area contributed by atoms with Crippen molar-refractivity contribution in [1.29, 1.82) is 0 Å². The Morgan fingerprint density at radius 2 is 2.00 bits per heavy atom. The maximum atomic E-state index is 11.5. The minimum Gasteiger partial charge on any atom is -0.487 e. The van der Waals surface area contributed by atoms with Crippen molar-refractivity contribution >= 4 is 11.7 Å². The maximum Gasteiger partial charge on any atom is 0.271 e. The number of benzene rings is 1. The molecule has 6 nitrogen and oxygen atoms in total. The first kappa shape index (κ1) is 15.3. The highest BCUT2D eigenvalue weighted by atomic mass is 16.5. The van der Waals surface area contributed by atoms with Crippen LogP contribution in [0.15, 0.2) is 36.4 Å². The Labute approximate surface area is 135 Å². The summed E-state index contributed by atoms with van der Waals surface area (Å²) in [7, 11) is 1.57. The van der Waals surface area contributed by atoms with Gasteiger partial charge in [0.2, 0.25) is 0 Å². The van der Waals surface area contributed by atoms with Gasteiger partial charge in [0.25, 0.3) is 5.91 Å². The summed E-state index contributed by atoms with van der Waals surface area (Å²) in [6.07, 6.45) is 0.808. The lowest BCUT2D eigenvalue weighted by Crippen LogP contribution is -2.37. The van der Waals surface area contributed by atoms with Crippen LogP contribution in [0.25, 0.3) is 0 Å². The van der Waals surface area contributed by atoms with Crippen LogP contribution in [0.1, 0.15) is 42.4 Å². The van der Waals surface area contributed by atoms with Gasteiger partial charge in [-0.05, 0) is 32.0 Å². The molecule has 2 heterocycles. The molecule has 6 heteroatoms. The van der Waals surface area contributed by atoms with Crippen LogP contribution in [0.2, 0.25) is 0 Å². The van der Waals surface area contributed by atoms with Gasteiger partial charge in [-0.2, -0.15) is 0 Å². The van der Waals surface area contributed by atoms with Crippen LogP contribution in [0, 0.1) is 0 Å². The fourth-order valence-corrected chi connectivity index (χ4v) is 2.77. The molecule has 0 saturated carbocycles. The highest BCUT2D eigenvalue weighted by molar-refractivity contribution is 5.91. The molecule has 0 saturated heterocycles. The second kappa shape index (κ2) is 5.87. The lowest BCUT2D eigenvalue weighted by atomic mass is 9.90. The summed E-state index contributed by atoms with van der Waals surface area (Å²) >= 11 is 0. The molecule has 3 rings (SSSR count). The van der Waals surface area contributed by atoms with Gasteiger partial charge >= 0.3 is 0 Å². The molecular formula is C17H20N4O2. The van der Waals surface area contributed by atoms with Gasteiger partial charge in [0.15, 0.2) is 5.69 Å². The molecule has 1 atom stereocenters. The van der Waals surface area contributed by atoms with Gasteiger partial charge in [0.1, 0.15) is 17.2 Å². The van der Waals surface area contributed by atoms with E-state index in [0.29, 0.717) is 11.5 Å². The Kier molecular flexibility index (Phi) is 3.90. The van der Waals surface area contributed by atoms with Crippen LogP contribution < -0.4 is 15.4 Å². The predicted octanol–water partition coefficient (Wildman–Crippen LogP) is 2.55. The summed E-state index contributed by atoms with van der Waals surface area (Å²) in [4.78, 5) is 11.5. The average Bonchev–Trinajstić information content (AvgIpc) is 2.54. The molecule has 2 aromatic rings. The van der Waals surface area contributed by atoms with Gasteiger partial charge in [-0.3, -0.25) is 4.79 Å². The number of hydrogen-bond donors (Lipinski definition) is 2. The number of amides is 1. The van der Waals surface area contributed by atoms with Crippen molar-refractivity contribution in [2.75, 3.05) is 12.4 Å². The molecule has 23 heavy (non-hydrogen) atoms. The third-order valence-corrected chi connectivity index (χ3v) is 3.82. The second-order valence-corrected chi connectivity index (χ2v) is 6.18. The zero-order valence-electron chi connectivity index (χ0n) is 13.5. The number of nitrogens with zero attached hydrogens (tertiary/aromatic N) is 2. The lowest BCUT2D eigenvalue weighted by Gasteiger charge is -2.38. The van der Waals surface area contributed by atoms with E-state index in [9.17, 15) is 4.79 Å². The molecule has 0 radical (unpaired) electrons. The highest BCUT2D eigenvalue weighted by Gasteiger charge is 2.33. The Morgan fingerprint density at radius 3 is 2.70 bits per heavy atom. The van der Waals surface area contributed by atoms with Crippen LogP contribution >= 0.6 is 0 Å². The van der Waals surface area contributed by atoms with E-state index >= 15 is 0 Å². The fourth-order valence-electron chi connectivity index (χ4n) is 2.77. The van der Waals surface area contributed by atoms with Gasteiger partial charge in [0.05, 0.1) is 6.04 Å². The van der Waals surface area contributed by atoms with Crippen molar-refractivity contribution in [1.82, 2.24) is 15.5 Å². The summed E-state index contributed by atoms with van der Waals surface area (Å²) < 4.78 is 6.02. The van der Waals surface area contributed by atoms with E-state index in [0.717, 1.165) is 17.7 Å². The van der Waals surface area contributed by atoms with Crippen molar-refractivity contribution < 1.29 is 9.53 Å². The predicted molar refractivity (Wildman–Crippen MR) is 87.6 cm³/mol. The number of carbonyl (C=O) groups is 1. The molecule has 1 aliphatic heterocycles. The van der Waals surface area contributed by atoms with E-state index in [2.05, 4.69) is 40.7 Å². The first-order valence-electron chi connectivity index (χ1n) is 7.59. The molecule has 2 N–H and O–H groups in total. The normalized spacial score (nSPS) is 18.5. The third kappa shape index (κ3) is 3.26. The number of aromatic nitrogens is 2. The van der Waals surface area contributed by atoms with E-state index in [-0.39, 0.29) is 17.6 Å². The van der Waals surface area contributed by atoms with Gasteiger partial charge in [-0.25, -0.2) is 0 Å². The van der Waals surface area contributed by atoms with Gasteiger partial charge < -0.3 is 15.4 Å². The number of hydrogen-bond acceptors (Lipinski definition) is 5. The maximum absolute atomic E-state index is 11.5. The van der Waals surface area contributed by atoms with Crippen molar-refractivity contribution in [2.24, 2.45) is 0 Å². The molecule has 1 unspecified atom stereocenters. The van der Waals surface area contributed by atoms with Gasteiger partial charge in [0, 0.05) is 19.0 Å². The Morgan fingerprint density at radius 1 is 1.22 bits per heavy atom. The first-order valence-corrected chi connectivity index (χ1v) is 7.59. The van der Waals surface area contributed by atoms with Crippen molar-refractivity contribution in [3.8, 4) is 5.75 Å². The average molecular weight is 312 g/mol. The number of nitrogens with one attached hydrogen (secondary N) is 2. The van der Waals surface area contributed by atoms with E-state index in [1.54, 1.807) is 19.2 Å². The van der Waals surface area contributed by atoms with E-state index in [1.165, 1.54) is 0 Å². The minimum atomic E-state index is -0.262. The number of anilines is 1. The summed E-state index contributed by atoms with van der Waals surface area (Å²) in [6.45, 7) is 4.13. The van der Waals surface area contributed by atoms with Crippen LogP contribution in [0.3, 0.4) is 0 Å². The molecule has 0 bridgehead atoms. The molecule has 1 amide bonds. The quantitative estimate of drug-likeness (QED) is 0.911. The Hall–Kier alpha value is -2.63. The smallest absolute Gasteiger partial charge is 0.271 e. The molecule has 1 aromatic heterocycles. The number of para-hydroxylation sites is 1. The van der Waals surface area contributed by atoms with Crippen molar-refractivity contribution in [2.45, 2.75) is 31.9 Å². The Bertz CT molecular complexity index is 713. The summed E-state index contributed by atoms with van der Waals surface area (Å²) in [5, 5.41) is 14.0. The summed E-state index contributed by atoms with van der Waals surface area (Å²) in [5.41, 5.74) is 1.14. The number of rotatable bonds is 3. The first-order chi connectivity index (χ1) is 11.0. The number of fused-ring (bicyclic) bond motifs is 1. The summed E-state index contributed by atoms with van der Waals surface area (Å²) in [5.74, 6) is 1.27. The van der Waals surface area contributed by atoms with Gasteiger partial charge in [-0.15, -0.1) is 10.2 Å². The van der Waals surface area contributed by atoms with E-state index < -0.39 is 0 Å². The molecular weight excluding hydrogens is 292 g/mol. The number of carbonyl (C=O) groups excluding carboxylic acids is 1. The van der Waals surface area contributed by atoms with Crippen LogP contribution in [-0.2, 0) is 0 Å². The van der Waals surface area contributed by atoms with Crippen molar-refractivity contribution in [3.05, 3.63) is 47.7 Å². The molecule has 0 spiro atoms. The Balaban J connectivity index is 1.83. The molecule has 1 aromatic carbocycles. The zero-order valence-corrected chi connectivity index (χ0v) is 13.5. The SMILES string of the molecule is CNC(=O)c1ccc(NC2CC(C)(C)Oc3ccccc32)nn1. The third-order valence-electron chi connectivity index (χ3n) is 3.82. The lowest BCUT2D eigenvalue weighted by molar-refractivity contribution is 0.0758. The standard InChI is InChI=1S/C17H20N4O2/c1-17(2)10-13(11-6-4-5-7-14(11)23-17)19-15-9-8-12(20-21-15)16(22)18-3/h4-9,13H,10H2,1-3H3,(H,18,22)(H,19,21). The van der Waals surface area contributed by atoms with E-state index in [4.69, 9.17) is 4.74 Å². The van der Waals surface area contributed by atoms with E-state index in [1.807, 2.05) is 18.2 Å². The van der Waals surface area contributed by atoms with Crippen LogP contribution in [0.4, 0.5) is 5.82 Å². The second-order valence-electron chi connectivity index (χ2n) is 6.18. The largest absolute Gasteiger partial charge is 0.487 e. The van der Waals surface area contributed by atoms with Crippen molar-refractivity contribution in [3.63, 3.8) is 0 Å². The highest BCUT2D eigenvalue weighted by Crippen LogP contribution is 2.40. The van der Waals surface area contributed by atoms with Gasteiger partial charge in [-0.1, -0.05) is 18.2 Å². The van der Waals surface area contributed by atoms with Crippen LogP contribution in [0.5, 0.6) is 5.75 Å². The molecule has 0 aliphatic carbocycles.